The fourth-order valence-electron chi connectivity index (χ4n) is 3.79. The van der Waals surface area contributed by atoms with E-state index in [2.05, 4.69) is 31.9 Å². The van der Waals surface area contributed by atoms with Crippen molar-refractivity contribution in [2.24, 2.45) is 0 Å². The molecule has 10 nitrogen and oxygen atoms in total. The number of hydrogen-bond donors (Lipinski definition) is 3. The van der Waals surface area contributed by atoms with Gasteiger partial charge in [-0.3, -0.25) is 15.4 Å². The Morgan fingerprint density at radius 2 is 1.85 bits per heavy atom. The molecule has 0 fully saturated rings. The maximum absolute atomic E-state index is 12.9. The van der Waals surface area contributed by atoms with Crippen molar-refractivity contribution in [1.82, 2.24) is 25.0 Å². The number of nitrogens with zero attached hydrogens (tertiary/aromatic N) is 5. The van der Waals surface area contributed by atoms with E-state index in [1.54, 1.807) is 71.8 Å². The Hall–Kier alpha value is -5.43. The summed E-state index contributed by atoms with van der Waals surface area (Å²) in [6.45, 7) is 6.13. The number of H-pyrrole nitrogens is 1. The normalized spacial score (nSPS) is 11.0. The molecule has 0 saturated carbocycles. The van der Waals surface area contributed by atoms with Crippen molar-refractivity contribution >= 4 is 17.5 Å². The van der Waals surface area contributed by atoms with E-state index in [9.17, 15) is 10.1 Å². The first-order valence-electron chi connectivity index (χ1n) is 12.2. The summed E-state index contributed by atoms with van der Waals surface area (Å²) in [5, 5.41) is 26.4. The zero-order valence-corrected chi connectivity index (χ0v) is 21.6. The molecular weight excluding hydrogens is 492 g/mol. The van der Waals surface area contributed by atoms with Gasteiger partial charge in [0.2, 0.25) is 0 Å². The first-order chi connectivity index (χ1) is 18.8. The monoisotopic (exact) mass is 518 g/mol. The molecule has 3 heterocycles. The minimum atomic E-state index is -0.430. The van der Waals surface area contributed by atoms with Gasteiger partial charge in [-0.25, -0.2) is 9.48 Å². The van der Waals surface area contributed by atoms with Crippen molar-refractivity contribution in [3.8, 4) is 34.5 Å². The minimum absolute atomic E-state index is 0.241. The molecule has 39 heavy (non-hydrogen) atoms. The number of aromatic nitrogens is 5. The van der Waals surface area contributed by atoms with Crippen LogP contribution in [-0.2, 0) is 5.41 Å². The zero-order chi connectivity index (χ0) is 27.4. The van der Waals surface area contributed by atoms with Gasteiger partial charge in [0.25, 0.3) is 0 Å². The van der Waals surface area contributed by atoms with E-state index in [1.165, 1.54) is 0 Å². The Morgan fingerprint density at radius 3 is 2.56 bits per heavy atom. The highest BCUT2D eigenvalue weighted by Crippen LogP contribution is 2.28. The van der Waals surface area contributed by atoms with Gasteiger partial charge in [-0.2, -0.15) is 15.5 Å². The van der Waals surface area contributed by atoms with Gasteiger partial charge in [-0.1, -0.05) is 26.8 Å². The maximum Gasteiger partial charge on any atom is 0.324 e. The minimum Gasteiger partial charge on any atom is -0.457 e. The second-order valence-corrected chi connectivity index (χ2v) is 9.81. The molecule has 0 aliphatic rings. The van der Waals surface area contributed by atoms with Gasteiger partial charge in [0.1, 0.15) is 17.3 Å². The van der Waals surface area contributed by atoms with Crippen LogP contribution < -0.4 is 15.4 Å². The molecule has 0 atom stereocenters. The lowest BCUT2D eigenvalue weighted by molar-refractivity contribution is 0.262. The van der Waals surface area contributed by atoms with Crippen molar-refractivity contribution in [1.29, 1.82) is 5.26 Å². The maximum atomic E-state index is 12.9. The Kier molecular flexibility index (Phi) is 6.80. The molecule has 2 amide bonds. The average Bonchev–Trinajstić information content (AvgIpc) is 3.61. The van der Waals surface area contributed by atoms with Crippen LogP contribution in [0.5, 0.6) is 11.5 Å². The van der Waals surface area contributed by atoms with Crippen LogP contribution in [0.3, 0.4) is 0 Å². The fourth-order valence-corrected chi connectivity index (χ4v) is 3.79. The number of benzene rings is 2. The number of anilines is 2. The van der Waals surface area contributed by atoms with Gasteiger partial charge < -0.3 is 10.1 Å². The van der Waals surface area contributed by atoms with Crippen LogP contribution in [0.2, 0.25) is 0 Å². The molecule has 0 aliphatic carbocycles. The Labute approximate surface area is 225 Å². The third kappa shape index (κ3) is 5.94. The highest BCUT2D eigenvalue weighted by molar-refractivity contribution is 5.99. The predicted molar refractivity (Wildman–Crippen MR) is 148 cm³/mol. The van der Waals surface area contributed by atoms with Crippen LogP contribution in [0.25, 0.3) is 16.9 Å². The predicted octanol–water partition coefficient (Wildman–Crippen LogP) is 6.26. The highest BCUT2D eigenvalue weighted by Gasteiger charge is 2.21. The van der Waals surface area contributed by atoms with Crippen molar-refractivity contribution in [3.05, 3.63) is 96.6 Å². The summed E-state index contributed by atoms with van der Waals surface area (Å²) in [7, 11) is 0. The topological polar surface area (TPSA) is 134 Å². The SMILES string of the molecule is CC(C)(C)c1cc(NC(=O)Nc2ccc(Oc3ccnc(-c4cn[nH]c4)c3)cc2)n(-c2cccc(C#N)c2)n1. The number of aromatic amines is 1. The number of carbonyl (C=O) groups excluding carboxylic acids is 1. The van der Waals surface area contributed by atoms with Crippen LogP contribution in [0, 0.1) is 11.3 Å². The van der Waals surface area contributed by atoms with E-state index in [0.717, 1.165) is 17.0 Å². The first-order valence-corrected chi connectivity index (χ1v) is 12.2. The number of urea groups is 1. The van der Waals surface area contributed by atoms with Crippen molar-refractivity contribution in [3.63, 3.8) is 0 Å². The summed E-state index contributed by atoms with van der Waals surface area (Å²) >= 11 is 0. The summed E-state index contributed by atoms with van der Waals surface area (Å²) < 4.78 is 7.59. The van der Waals surface area contributed by atoms with Crippen LogP contribution in [0.15, 0.2) is 85.3 Å². The number of hydrogen-bond acceptors (Lipinski definition) is 6. The van der Waals surface area contributed by atoms with Gasteiger partial charge in [0.15, 0.2) is 0 Å². The second-order valence-electron chi connectivity index (χ2n) is 9.81. The van der Waals surface area contributed by atoms with Gasteiger partial charge >= 0.3 is 6.03 Å². The van der Waals surface area contributed by atoms with Crippen molar-refractivity contribution in [2.45, 2.75) is 26.2 Å². The van der Waals surface area contributed by atoms with E-state index in [1.807, 2.05) is 39.0 Å². The second kappa shape index (κ2) is 10.5. The molecule has 3 N–H and O–H groups in total. The Balaban J connectivity index is 1.29. The summed E-state index contributed by atoms with van der Waals surface area (Å²) in [5.74, 6) is 1.72. The van der Waals surface area contributed by atoms with Crippen LogP contribution >= 0.6 is 0 Å². The molecule has 10 heteroatoms. The lowest BCUT2D eigenvalue weighted by Crippen LogP contribution is -2.21. The molecule has 0 radical (unpaired) electrons. The fraction of sp³-hybridized carbons (Fsp3) is 0.138. The number of nitrogens with one attached hydrogen (secondary N) is 3. The third-order valence-corrected chi connectivity index (χ3v) is 5.81. The third-order valence-electron chi connectivity index (χ3n) is 5.81. The summed E-state index contributed by atoms with van der Waals surface area (Å²) in [5.41, 5.74) is 3.92. The van der Waals surface area contributed by atoms with E-state index in [4.69, 9.17) is 9.84 Å². The summed E-state index contributed by atoms with van der Waals surface area (Å²) in [4.78, 5) is 17.3. The molecule has 0 unspecified atom stereocenters. The first kappa shape index (κ1) is 25.2. The molecule has 0 spiro atoms. The van der Waals surface area contributed by atoms with Gasteiger partial charge in [0.05, 0.1) is 34.9 Å². The molecule has 5 rings (SSSR count). The summed E-state index contributed by atoms with van der Waals surface area (Å²) in [6.07, 6.45) is 5.13. The van der Waals surface area contributed by atoms with Crippen molar-refractivity contribution in [2.75, 3.05) is 10.6 Å². The van der Waals surface area contributed by atoms with Gasteiger partial charge in [-0.15, -0.1) is 0 Å². The molecule has 0 saturated heterocycles. The molecule has 5 aromatic rings. The molecule has 3 aromatic heterocycles. The summed E-state index contributed by atoms with van der Waals surface area (Å²) in [6, 6.07) is 21.2. The number of rotatable bonds is 6. The number of nitriles is 1. The van der Waals surface area contributed by atoms with E-state index in [-0.39, 0.29) is 5.41 Å². The number of amides is 2. The quantitative estimate of drug-likeness (QED) is 0.243. The molecule has 0 bridgehead atoms. The van der Waals surface area contributed by atoms with E-state index in [0.29, 0.717) is 34.3 Å². The average molecular weight is 519 g/mol. The van der Waals surface area contributed by atoms with Crippen LogP contribution in [0.4, 0.5) is 16.3 Å². The van der Waals surface area contributed by atoms with Crippen LogP contribution in [-0.4, -0.2) is 31.0 Å². The van der Waals surface area contributed by atoms with E-state index >= 15 is 0 Å². The Morgan fingerprint density at radius 1 is 1.03 bits per heavy atom. The zero-order valence-electron chi connectivity index (χ0n) is 21.6. The largest absolute Gasteiger partial charge is 0.457 e. The van der Waals surface area contributed by atoms with E-state index < -0.39 is 6.03 Å². The molecular formula is C29H26N8O2. The molecule has 2 aromatic carbocycles. The highest BCUT2D eigenvalue weighted by atomic mass is 16.5. The van der Waals surface area contributed by atoms with Crippen molar-refractivity contribution < 1.29 is 9.53 Å². The van der Waals surface area contributed by atoms with Crippen LogP contribution in [0.1, 0.15) is 32.0 Å². The lowest BCUT2D eigenvalue weighted by Gasteiger charge is -2.14. The Bertz CT molecular complexity index is 1640. The molecule has 194 valence electrons. The number of carbonyl (C=O) groups is 1. The smallest absolute Gasteiger partial charge is 0.324 e. The number of ether oxygens (including phenoxy) is 1. The standard InChI is InChI=1S/C29H26N8O2/c1-29(2,3)26-15-27(37(36-26)22-6-4-5-19(13-22)16-30)35-28(38)34-21-7-9-23(10-8-21)39-24-11-12-31-25(14-24)20-17-32-33-18-20/h4-15,17-18H,1-3H3,(H,32,33)(H2,34,35,38). The lowest BCUT2D eigenvalue weighted by atomic mass is 9.92. The van der Waals surface area contributed by atoms with Gasteiger partial charge in [0, 0.05) is 41.2 Å². The molecule has 0 aliphatic heterocycles. The number of pyridine rings is 1. The van der Waals surface area contributed by atoms with Gasteiger partial charge in [-0.05, 0) is 48.5 Å².